The summed E-state index contributed by atoms with van der Waals surface area (Å²) >= 11 is 0. The first-order chi connectivity index (χ1) is 18.5. The molecule has 0 aromatic heterocycles. The van der Waals surface area contributed by atoms with Gasteiger partial charge in [-0.2, -0.15) is 0 Å². The number of amides is 3. The SMILES string of the molecule is CCC(=O)N[C@H](Cc1ccc(NC(=O)CC2CCCCC2)cc1)C(=O)N1CCNC[C@H]1Cc1ccccc1. The van der Waals surface area contributed by atoms with Gasteiger partial charge in [-0.1, -0.05) is 68.7 Å². The third-order valence-electron chi connectivity index (χ3n) is 7.78. The molecule has 0 bridgehead atoms. The van der Waals surface area contributed by atoms with E-state index in [-0.39, 0.29) is 23.8 Å². The lowest BCUT2D eigenvalue weighted by molar-refractivity contribution is -0.139. The molecule has 38 heavy (non-hydrogen) atoms. The van der Waals surface area contributed by atoms with Gasteiger partial charge in [-0.3, -0.25) is 14.4 Å². The normalized spacial score (nSPS) is 19.0. The molecule has 1 heterocycles. The van der Waals surface area contributed by atoms with Crippen molar-refractivity contribution in [3.8, 4) is 0 Å². The Bertz CT molecular complexity index is 1050. The summed E-state index contributed by atoms with van der Waals surface area (Å²) in [5.74, 6) is 0.382. The number of benzene rings is 2. The highest BCUT2D eigenvalue weighted by atomic mass is 16.2. The minimum absolute atomic E-state index is 0.0291. The van der Waals surface area contributed by atoms with Gasteiger partial charge in [-0.15, -0.1) is 0 Å². The summed E-state index contributed by atoms with van der Waals surface area (Å²) in [6.45, 7) is 3.87. The van der Waals surface area contributed by atoms with Crippen LogP contribution >= 0.6 is 0 Å². The number of nitrogens with zero attached hydrogens (tertiary/aromatic N) is 1. The lowest BCUT2D eigenvalue weighted by atomic mass is 9.87. The molecule has 1 saturated carbocycles. The van der Waals surface area contributed by atoms with Gasteiger partial charge in [-0.25, -0.2) is 0 Å². The molecule has 0 radical (unpaired) electrons. The van der Waals surface area contributed by atoms with Gasteiger partial charge in [-0.05, 0) is 48.4 Å². The first-order valence-electron chi connectivity index (χ1n) is 14.2. The van der Waals surface area contributed by atoms with Crippen LogP contribution < -0.4 is 16.0 Å². The van der Waals surface area contributed by atoms with Crippen molar-refractivity contribution in [2.24, 2.45) is 5.92 Å². The average Bonchev–Trinajstić information content (AvgIpc) is 2.94. The third-order valence-corrected chi connectivity index (χ3v) is 7.78. The van der Waals surface area contributed by atoms with E-state index in [1.54, 1.807) is 6.92 Å². The zero-order chi connectivity index (χ0) is 26.7. The maximum atomic E-state index is 13.8. The predicted octanol–water partition coefficient (Wildman–Crippen LogP) is 4.08. The van der Waals surface area contributed by atoms with Crippen molar-refractivity contribution in [3.63, 3.8) is 0 Å². The molecule has 1 saturated heterocycles. The van der Waals surface area contributed by atoms with Crippen molar-refractivity contribution in [3.05, 3.63) is 65.7 Å². The Kier molecular flexibility index (Phi) is 10.3. The van der Waals surface area contributed by atoms with E-state index < -0.39 is 6.04 Å². The van der Waals surface area contributed by atoms with E-state index in [1.807, 2.05) is 47.4 Å². The Balaban J connectivity index is 1.40. The molecule has 2 aromatic rings. The van der Waals surface area contributed by atoms with Gasteiger partial charge in [0.1, 0.15) is 6.04 Å². The zero-order valence-electron chi connectivity index (χ0n) is 22.6. The van der Waals surface area contributed by atoms with Gasteiger partial charge >= 0.3 is 0 Å². The van der Waals surface area contributed by atoms with Gasteiger partial charge in [0.15, 0.2) is 0 Å². The Morgan fingerprint density at radius 3 is 2.39 bits per heavy atom. The second-order valence-electron chi connectivity index (χ2n) is 10.7. The predicted molar refractivity (Wildman–Crippen MR) is 151 cm³/mol. The smallest absolute Gasteiger partial charge is 0.245 e. The summed E-state index contributed by atoms with van der Waals surface area (Å²) in [7, 11) is 0. The van der Waals surface area contributed by atoms with Crippen molar-refractivity contribution in [2.75, 3.05) is 25.0 Å². The van der Waals surface area contributed by atoms with Gasteiger partial charge in [0.25, 0.3) is 0 Å². The molecule has 2 aromatic carbocycles. The fourth-order valence-corrected chi connectivity index (χ4v) is 5.64. The molecular formula is C31H42N4O3. The van der Waals surface area contributed by atoms with E-state index >= 15 is 0 Å². The van der Waals surface area contributed by atoms with Crippen LogP contribution in [-0.4, -0.2) is 54.3 Å². The van der Waals surface area contributed by atoms with Crippen LogP contribution in [0.25, 0.3) is 0 Å². The summed E-state index contributed by atoms with van der Waals surface area (Å²) < 4.78 is 0. The van der Waals surface area contributed by atoms with Crippen LogP contribution in [0.5, 0.6) is 0 Å². The standard InChI is InChI=1S/C31H42N4O3/c1-2-29(36)34-28(31(38)35-18-17-32-22-27(35)19-23-9-5-3-6-10-23)20-25-13-15-26(16-14-25)33-30(37)21-24-11-7-4-8-12-24/h3,5-6,9-10,13-16,24,27-28,32H,2,4,7-8,11-12,17-22H2,1H3,(H,33,37)(H,34,36)/t27-,28-/m1/s1. The average molecular weight is 519 g/mol. The number of carbonyl (C=O) groups is 3. The van der Waals surface area contributed by atoms with Crippen LogP contribution in [0, 0.1) is 5.92 Å². The van der Waals surface area contributed by atoms with Crippen LogP contribution in [0.3, 0.4) is 0 Å². The highest BCUT2D eigenvalue weighted by Gasteiger charge is 2.32. The highest BCUT2D eigenvalue weighted by Crippen LogP contribution is 2.26. The van der Waals surface area contributed by atoms with Crippen LogP contribution in [0.4, 0.5) is 5.69 Å². The highest BCUT2D eigenvalue weighted by molar-refractivity contribution is 5.91. The van der Waals surface area contributed by atoms with Crippen LogP contribution in [-0.2, 0) is 27.2 Å². The van der Waals surface area contributed by atoms with Crippen molar-refractivity contribution >= 4 is 23.4 Å². The fraction of sp³-hybridized carbons (Fsp3) is 0.516. The number of anilines is 1. The Morgan fingerprint density at radius 2 is 1.68 bits per heavy atom. The molecule has 3 amide bonds. The summed E-state index contributed by atoms with van der Waals surface area (Å²) in [5, 5.41) is 9.40. The maximum absolute atomic E-state index is 13.8. The Morgan fingerprint density at radius 1 is 0.947 bits per heavy atom. The lowest BCUT2D eigenvalue weighted by Crippen LogP contribution is -2.59. The molecule has 0 unspecified atom stereocenters. The van der Waals surface area contributed by atoms with Crippen LogP contribution in [0.1, 0.15) is 63.0 Å². The molecule has 2 fully saturated rings. The number of nitrogens with one attached hydrogen (secondary N) is 3. The molecule has 2 aliphatic rings. The van der Waals surface area contributed by atoms with Crippen molar-refractivity contribution in [2.45, 2.75) is 76.8 Å². The second kappa shape index (κ2) is 14.1. The molecule has 0 spiro atoms. The minimum atomic E-state index is -0.634. The number of rotatable bonds is 10. The Hall–Kier alpha value is -3.19. The zero-order valence-corrected chi connectivity index (χ0v) is 22.6. The molecule has 1 aliphatic carbocycles. The molecule has 204 valence electrons. The molecule has 4 rings (SSSR count). The number of carbonyl (C=O) groups excluding carboxylic acids is 3. The van der Waals surface area contributed by atoms with Gasteiger partial charge in [0.2, 0.25) is 17.7 Å². The molecule has 7 heteroatoms. The van der Waals surface area contributed by atoms with Crippen molar-refractivity contribution < 1.29 is 14.4 Å². The van der Waals surface area contributed by atoms with Gasteiger partial charge < -0.3 is 20.9 Å². The summed E-state index contributed by atoms with van der Waals surface area (Å²) in [5.41, 5.74) is 2.90. The number of hydrogen-bond acceptors (Lipinski definition) is 4. The van der Waals surface area contributed by atoms with E-state index in [4.69, 9.17) is 0 Å². The van der Waals surface area contributed by atoms with Crippen molar-refractivity contribution in [1.82, 2.24) is 15.5 Å². The summed E-state index contributed by atoms with van der Waals surface area (Å²) in [6, 6.07) is 17.3. The van der Waals surface area contributed by atoms with E-state index in [9.17, 15) is 14.4 Å². The van der Waals surface area contributed by atoms with E-state index in [2.05, 4.69) is 28.1 Å². The lowest BCUT2D eigenvalue weighted by Gasteiger charge is -2.38. The Labute approximate surface area is 226 Å². The number of piperazine rings is 1. The topological polar surface area (TPSA) is 90.5 Å². The minimum Gasteiger partial charge on any atom is -0.344 e. The molecular weight excluding hydrogens is 476 g/mol. The maximum Gasteiger partial charge on any atom is 0.245 e. The largest absolute Gasteiger partial charge is 0.344 e. The van der Waals surface area contributed by atoms with Crippen LogP contribution in [0.2, 0.25) is 0 Å². The first kappa shape index (κ1) is 27.8. The molecule has 7 nitrogen and oxygen atoms in total. The summed E-state index contributed by atoms with van der Waals surface area (Å²) in [4.78, 5) is 40.6. The summed E-state index contributed by atoms with van der Waals surface area (Å²) in [6.07, 6.45) is 8.09. The van der Waals surface area contributed by atoms with E-state index in [0.717, 1.165) is 43.6 Å². The van der Waals surface area contributed by atoms with E-state index in [0.29, 0.717) is 31.7 Å². The molecule has 1 aliphatic heterocycles. The fourth-order valence-electron chi connectivity index (χ4n) is 5.64. The molecule has 2 atom stereocenters. The first-order valence-corrected chi connectivity index (χ1v) is 14.2. The van der Waals surface area contributed by atoms with Crippen molar-refractivity contribution in [1.29, 1.82) is 0 Å². The van der Waals surface area contributed by atoms with Gasteiger partial charge in [0.05, 0.1) is 0 Å². The quantitative estimate of drug-likeness (QED) is 0.442. The van der Waals surface area contributed by atoms with E-state index in [1.165, 1.54) is 24.8 Å². The third kappa shape index (κ3) is 8.15. The number of hydrogen-bond donors (Lipinski definition) is 3. The monoisotopic (exact) mass is 518 g/mol. The molecule has 3 N–H and O–H groups in total. The second-order valence-corrected chi connectivity index (χ2v) is 10.7. The van der Waals surface area contributed by atoms with Gasteiger partial charge in [0, 0.05) is 50.6 Å². The van der Waals surface area contributed by atoms with Crippen LogP contribution in [0.15, 0.2) is 54.6 Å².